The lowest BCUT2D eigenvalue weighted by Gasteiger charge is -2.09. The van der Waals surface area contributed by atoms with Crippen molar-refractivity contribution in [3.63, 3.8) is 0 Å². The van der Waals surface area contributed by atoms with E-state index in [1.165, 1.54) is 11.3 Å². The fraction of sp³-hybridized carbons (Fsp3) is 0.333. The van der Waals surface area contributed by atoms with E-state index in [4.69, 9.17) is 11.5 Å². The predicted molar refractivity (Wildman–Crippen MR) is 72.9 cm³/mol. The van der Waals surface area contributed by atoms with Gasteiger partial charge in [0.1, 0.15) is 0 Å². The summed E-state index contributed by atoms with van der Waals surface area (Å²) in [4.78, 5) is 23.0. The van der Waals surface area contributed by atoms with E-state index in [1.54, 1.807) is 0 Å². The highest BCUT2D eigenvalue weighted by atomic mass is 79.9. The maximum atomic E-state index is 11.4. The van der Waals surface area contributed by atoms with Gasteiger partial charge in [0.2, 0.25) is 11.8 Å². The van der Waals surface area contributed by atoms with Gasteiger partial charge in [-0.3, -0.25) is 9.59 Å². The van der Waals surface area contributed by atoms with Gasteiger partial charge in [0.25, 0.3) is 0 Å². The molecule has 0 fully saturated rings. The van der Waals surface area contributed by atoms with Crippen LogP contribution in [0.2, 0.25) is 0 Å². The average molecular weight is 343 g/mol. The summed E-state index contributed by atoms with van der Waals surface area (Å²) in [6.45, 7) is 0.404. The van der Waals surface area contributed by atoms with Gasteiger partial charge in [-0.2, -0.15) is 0 Å². The van der Waals surface area contributed by atoms with Crippen molar-refractivity contribution in [2.75, 3.05) is 0 Å². The minimum absolute atomic E-state index is 0. The molecule has 17 heavy (non-hydrogen) atoms. The third-order valence-corrected chi connectivity index (χ3v) is 3.45. The molecule has 8 heteroatoms. The molecular weight excluding hydrogens is 330 g/mol. The number of primary amides is 1. The number of carbonyl (C=O) groups excluding carboxylic acids is 2. The molecule has 5 N–H and O–H groups in total. The van der Waals surface area contributed by atoms with Crippen molar-refractivity contribution in [2.24, 2.45) is 11.5 Å². The van der Waals surface area contributed by atoms with Gasteiger partial charge < -0.3 is 16.8 Å². The van der Waals surface area contributed by atoms with Crippen molar-refractivity contribution < 1.29 is 9.59 Å². The fourth-order valence-corrected chi connectivity index (χ4v) is 2.48. The van der Waals surface area contributed by atoms with E-state index in [0.29, 0.717) is 6.54 Å². The van der Waals surface area contributed by atoms with Gasteiger partial charge in [-0.05, 0) is 28.1 Å². The number of halogens is 2. The van der Waals surface area contributed by atoms with Crippen molar-refractivity contribution in [2.45, 2.75) is 19.0 Å². The van der Waals surface area contributed by atoms with E-state index in [1.807, 2.05) is 12.1 Å². The van der Waals surface area contributed by atoms with Crippen LogP contribution in [-0.4, -0.2) is 17.9 Å². The van der Waals surface area contributed by atoms with Crippen LogP contribution in [0.5, 0.6) is 0 Å². The Bertz CT molecular complexity index is 399. The van der Waals surface area contributed by atoms with Gasteiger partial charge in [-0.15, -0.1) is 23.7 Å². The van der Waals surface area contributed by atoms with Crippen LogP contribution in [0, 0.1) is 0 Å². The molecule has 0 aromatic carbocycles. The minimum Gasteiger partial charge on any atom is -0.370 e. The first kappa shape index (κ1) is 16.4. The maximum absolute atomic E-state index is 11.4. The first-order valence-corrected chi connectivity index (χ1v) is 6.16. The highest BCUT2D eigenvalue weighted by Crippen LogP contribution is 2.21. The molecule has 0 bridgehead atoms. The zero-order valence-corrected chi connectivity index (χ0v) is 12.0. The van der Waals surface area contributed by atoms with E-state index in [2.05, 4.69) is 21.2 Å². The summed E-state index contributed by atoms with van der Waals surface area (Å²) >= 11 is 4.85. The zero-order valence-electron chi connectivity index (χ0n) is 8.81. The second-order valence-corrected chi connectivity index (χ2v) is 5.75. The molecule has 2 amide bonds. The smallest absolute Gasteiger partial charge is 0.237 e. The van der Waals surface area contributed by atoms with Crippen LogP contribution in [0.3, 0.4) is 0 Å². The van der Waals surface area contributed by atoms with E-state index >= 15 is 0 Å². The van der Waals surface area contributed by atoms with Crippen molar-refractivity contribution in [3.05, 3.63) is 20.8 Å². The van der Waals surface area contributed by atoms with Gasteiger partial charge in [0.15, 0.2) is 0 Å². The lowest BCUT2D eigenvalue weighted by atomic mass is 10.2. The summed E-state index contributed by atoms with van der Waals surface area (Å²) in [6.07, 6.45) is -0.139. The Morgan fingerprint density at radius 3 is 2.59 bits per heavy atom. The lowest BCUT2D eigenvalue weighted by Crippen LogP contribution is -2.42. The number of carbonyl (C=O) groups is 2. The van der Waals surface area contributed by atoms with Crippen LogP contribution in [0.4, 0.5) is 0 Å². The third kappa shape index (κ3) is 6.02. The molecule has 0 saturated carbocycles. The quantitative estimate of drug-likeness (QED) is 0.736. The molecule has 0 aliphatic rings. The van der Waals surface area contributed by atoms with Gasteiger partial charge in [-0.1, -0.05) is 0 Å². The second-order valence-electron chi connectivity index (χ2n) is 3.20. The highest BCUT2D eigenvalue weighted by molar-refractivity contribution is 9.11. The summed E-state index contributed by atoms with van der Waals surface area (Å²) in [7, 11) is 0. The van der Waals surface area contributed by atoms with Crippen LogP contribution in [0.1, 0.15) is 11.3 Å². The minimum atomic E-state index is -0.874. The molecule has 1 heterocycles. The Morgan fingerprint density at radius 1 is 1.47 bits per heavy atom. The Morgan fingerprint density at radius 2 is 2.12 bits per heavy atom. The van der Waals surface area contributed by atoms with Crippen molar-refractivity contribution in [3.8, 4) is 0 Å². The monoisotopic (exact) mass is 341 g/mol. The Kier molecular flexibility index (Phi) is 7.37. The van der Waals surface area contributed by atoms with E-state index in [0.717, 1.165) is 8.66 Å². The molecule has 0 aliphatic carbocycles. The number of nitrogens with two attached hydrogens (primary N) is 2. The van der Waals surface area contributed by atoms with Gasteiger partial charge in [-0.25, -0.2) is 0 Å². The molecule has 1 aromatic heterocycles. The number of rotatable bonds is 5. The molecule has 0 saturated heterocycles. The van der Waals surface area contributed by atoms with Gasteiger partial charge in [0, 0.05) is 4.88 Å². The molecule has 1 aromatic rings. The topological polar surface area (TPSA) is 98.2 Å². The molecule has 5 nitrogen and oxygen atoms in total. The summed E-state index contributed by atoms with van der Waals surface area (Å²) < 4.78 is 0.998. The highest BCUT2D eigenvalue weighted by Gasteiger charge is 2.15. The Balaban J connectivity index is 0.00000256. The Labute approximate surface area is 117 Å². The molecule has 1 rings (SSSR count). The first-order valence-electron chi connectivity index (χ1n) is 4.55. The summed E-state index contributed by atoms with van der Waals surface area (Å²) in [5, 5.41) is 2.64. The van der Waals surface area contributed by atoms with Gasteiger partial charge in [0.05, 0.1) is 22.8 Å². The van der Waals surface area contributed by atoms with Crippen LogP contribution >= 0.6 is 39.7 Å². The summed E-state index contributed by atoms with van der Waals surface area (Å²) in [5.41, 5.74) is 10.4. The largest absolute Gasteiger partial charge is 0.370 e. The fourth-order valence-electron chi connectivity index (χ4n) is 1.06. The molecule has 0 radical (unpaired) electrons. The van der Waals surface area contributed by atoms with Crippen LogP contribution < -0.4 is 16.8 Å². The zero-order chi connectivity index (χ0) is 12.1. The number of hydrogen-bond acceptors (Lipinski definition) is 4. The molecule has 0 spiro atoms. The molecule has 0 aliphatic heterocycles. The van der Waals surface area contributed by atoms with Crippen molar-refractivity contribution in [1.29, 1.82) is 0 Å². The second kappa shape index (κ2) is 7.65. The predicted octanol–water partition coefficient (Wildman–Crippen LogP) is 0.751. The molecule has 96 valence electrons. The van der Waals surface area contributed by atoms with Crippen molar-refractivity contribution in [1.82, 2.24) is 5.32 Å². The summed E-state index contributed by atoms with van der Waals surface area (Å²) in [6, 6.07) is 2.92. The standard InChI is InChI=1S/C9H12BrN3O2S.ClH/c10-7-2-1-5(16-7)4-13-9(15)6(11)3-8(12)14;/h1-2,6H,3-4,11H2,(H2,12,14)(H,13,15);1H. The van der Waals surface area contributed by atoms with E-state index in [9.17, 15) is 9.59 Å². The number of thiophene rings is 1. The molecular formula is C9H13BrClN3O2S. The number of amides is 2. The lowest BCUT2D eigenvalue weighted by molar-refractivity contribution is -0.126. The van der Waals surface area contributed by atoms with Crippen LogP contribution in [0.15, 0.2) is 15.9 Å². The average Bonchev–Trinajstić information content (AvgIpc) is 2.59. The number of nitrogens with one attached hydrogen (secondary N) is 1. The number of hydrogen-bond donors (Lipinski definition) is 3. The summed E-state index contributed by atoms with van der Waals surface area (Å²) in [5.74, 6) is -0.954. The molecule has 1 atom stereocenters. The van der Waals surface area contributed by atoms with Crippen LogP contribution in [-0.2, 0) is 16.1 Å². The van der Waals surface area contributed by atoms with Crippen molar-refractivity contribution >= 4 is 51.5 Å². The third-order valence-electron chi connectivity index (χ3n) is 1.82. The Hall–Kier alpha value is -0.630. The SMILES string of the molecule is Cl.NC(=O)CC(N)C(=O)NCc1ccc(Br)s1. The van der Waals surface area contributed by atoms with E-state index < -0.39 is 11.9 Å². The van der Waals surface area contributed by atoms with Crippen LogP contribution in [0.25, 0.3) is 0 Å². The first-order chi connectivity index (χ1) is 7.49. The van der Waals surface area contributed by atoms with Gasteiger partial charge >= 0.3 is 0 Å². The van der Waals surface area contributed by atoms with E-state index in [-0.39, 0.29) is 24.7 Å². The maximum Gasteiger partial charge on any atom is 0.237 e. The molecule has 1 unspecified atom stereocenters. The normalized spacial score (nSPS) is 11.4.